The van der Waals surface area contributed by atoms with Crippen LogP contribution in [-0.2, 0) is 30.4 Å². The summed E-state index contributed by atoms with van der Waals surface area (Å²) in [4.78, 5) is 72.1. The van der Waals surface area contributed by atoms with Gasteiger partial charge in [-0.1, -0.05) is 39.0 Å². The number of halogens is 2. The molecule has 16 nitrogen and oxygen atoms in total. The van der Waals surface area contributed by atoms with Gasteiger partial charge >= 0.3 is 18.8 Å². The molecule has 4 aliphatic rings. The van der Waals surface area contributed by atoms with Crippen molar-refractivity contribution in [2.45, 2.75) is 89.9 Å². The van der Waals surface area contributed by atoms with Crippen LogP contribution >= 0.6 is 0 Å². The maximum absolute atomic E-state index is 14.0. The number of ether oxygens (including phenoxy) is 4. The van der Waals surface area contributed by atoms with Crippen molar-refractivity contribution in [2.24, 2.45) is 17.8 Å². The fourth-order valence-electron chi connectivity index (χ4n) is 9.99. The molecule has 6 heterocycles. The fourth-order valence-corrected chi connectivity index (χ4v) is 9.99. The maximum atomic E-state index is 14.0. The Balaban J connectivity index is 0.973. The number of fused-ring (bicyclic) bond motifs is 7. The number of hydrogen-bond acceptors (Lipinski definition) is 10. The Bertz CT molecular complexity index is 2600. The molecule has 5 aromatic rings. The van der Waals surface area contributed by atoms with Crippen LogP contribution in [0.3, 0.4) is 0 Å². The van der Waals surface area contributed by atoms with Crippen LogP contribution in [0.15, 0.2) is 48.7 Å². The van der Waals surface area contributed by atoms with Gasteiger partial charge in [-0.05, 0) is 83.9 Å². The molecule has 9 rings (SSSR count). The number of piperidine rings is 1. The van der Waals surface area contributed by atoms with Crippen LogP contribution in [0.4, 0.5) is 18.4 Å². The number of hydrogen-bond donors (Lipinski definition) is 4. The number of aromatic nitrogens is 4. The number of alkyl halides is 2. The zero-order valence-corrected chi connectivity index (χ0v) is 35.6. The molecule has 3 aromatic carbocycles. The normalized spacial score (nSPS) is 23.4. The van der Waals surface area contributed by atoms with Gasteiger partial charge in [-0.2, -0.15) is 8.78 Å². The van der Waals surface area contributed by atoms with Gasteiger partial charge in [-0.3, -0.25) is 9.59 Å². The van der Waals surface area contributed by atoms with E-state index in [2.05, 4.69) is 43.5 Å². The predicted octanol–water partition coefficient (Wildman–Crippen LogP) is 6.97. The van der Waals surface area contributed by atoms with Crippen LogP contribution in [0.2, 0.25) is 0 Å². The lowest BCUT2D eigenvalue weighted by molar-refractivity contribution is -0.142. The zero-order valence-electron chi connectivity index (χ0n) is 35.6. The summed E-state index contributed by atoms with van der Waals surface area (Å²) < 4.78 is 46.8. The molecule has 0 saturated carbocycles. The number of imidazole rings is 2. The summed E-state index contributed by atoms with van der Waals surface area (Å²) in [5, 5.41) is 7.11. The van der Waals surface area contributed by atoms with Gasteiger partial charge in [0.1, 0.15) is 36.1 Å². The van der Waals surface area contributed by atoms with E-state index in [-0.39, 0.29) is 48.9 Å². The van der Waals surface area contributed by atoms with Gasteiger partial charge in [0, 0.05) is 29.5 Å². The predicted molar refractivity (Wildman–Crippen MR) is 225 cm³/mol. The number of aromatic amines is 2. The first-order chi connectivity index (χ1) is 30.3. The summed E-state index contributed by atoms with van der Waals surface area (Å²) in [6, 6.07) is 11.9. The smallest absolute Gasteiger partial charge is 0.407 e. The standard InChI is InChI=1S/C45H50F2N8O8/c1-21(2)36(52-44(58)60-4)41(56)54-18-23(19-63-43(46)47)13-34(54)40-49-31-10-7-24-15-30-28-9-6-25(14-26(28)20-62-35(30)16-29(24)38(31)51-40)32-17-48-39(50-32)33-11-8-27-12-22(3)37(42(57)55(27)33)53-45(59)61-5/h6-7,9-10,14-17,21-23,27,33-34,36-37,43H,8,11-13,18-20H2,1-5H3,(H,48,50)(H,49,51)(H,52,58)(H,53,59). The minimum absolute atomic E-state index is 0.0158. The van der Waals surface area contributed by atoms with E-state index < -0.39 is 42.8 Å². The number of carbonyl (C=O) groups is 4. The quantitative estimate of drug-likeness (QED) is 0.114. The van der Waals surface area contributed by atoms with Gasteiger partial charge in [-0.25, -0.2) is 19.6 Å². The van der Waals surface area contributed by atoms with Gasteiger partial charge in [0.05, 0.1) is 55.8 Å². The molecule has 2 aromatic heterocycles. The summed E-state index contributed by atoms with van der Waals surface area (Å²) in [6.07, 6.45) is 3.15. The van der Waals surface area contributed by atoms with Crippen molar-refractivity contribution < 1.29 is 46.9 Å². The largest absolute Gasteiger partial charge is 0.488 e. The van der Waals surface area contributed by atoms with E-state index in [1.807, 2.05) is 36.1 Å². The van der Waals surface area contributed by atoms with Gasteiger partial charge in [0.25, 0.3) is 0 Å². The van der Waals surface area contributed by atoms with Gasteiger partial charge < -0.3 is 49.3 Å². The maximum Gasteiger partial charge on any atom is 0.407 e. The number of likely N-dealkylation sites (tertiary alicyclic amines) is 1. The van der Waals surface area contributed by atoms with Crippen LogP contribution in [0.25, 0.3) is 44.2 Å². The van der Waals surface area contributed by atoms with Crippen molar-refractivity contribution in [3.8, 4) is 28.1 Å². The Morgan fingerprint density at radius 2 is 1.78 bits per heavy atom. The monoisotopic (exact) mass is 868 g/mol. The number of rotatable bonds is 10. The van der Waals surface area contributed by atoms with Crippen molar-refractivity contribution in [3.63, 3.8) is 0 Å². The minimum Gasteiger partial charge on any atom is -0.488 e. The third-order valence-electron chi connectivity index (χ3n) is 13.1. The Morgan fingerprint density at radius 1 is 0.968 bits per heavy atom. The first kappa shape index (κ1) is 42.0. The number of benzene rings is 3. The Hall–Kier alpha value is -6.30. The molecule has 332 valence electrons. The first-order valence-electron chi connectivity index (χ1n) is 21.3. The number of nitrogens with zero attached hydrogens (tertiary/aromatic N) is 4. The molecule has 3 saturated heterocycles. The number of amides is 4. The van der Waals surface area contributed by atoms with E-state index in [0.717, 1.165) is 63.5 Å². The molecule has 7 unspecified atom stereocenters. The molecule has 3 fully saturated rings. The number of nitrogens with one attached hydrogen (secondary N) is 4. The van der Waals surface area contributed by atoms with Crippen molar-refractivity contribution in [1.29, 1.82) is 0 Å². The lowest BCUT2D eigenvalue weighted by atomic mass is 9.88. The Morgan fingerprint density at radius 3 is 2.54 bits per heavy atom. The third kappa shape index (κ3) is 7.78. The van der Waals surface area contributed by atoms with Crippen molar-refractivity contribution in [1.82, 2.24) is 40.4 Å². The highest BCUT2D eigenvalue weighted by Crippen LogP contribution is 2.45. The lowest BCUT2D eigenvalue weighted by Crippen LogP contribution is -2.58. The van der Waals surface area contributed by atoms with E-state index in [1.54, 1.807) is 24.9 Å². The highest BCUT2D eigenvalue weighted by atomic mass is 19.3. The van der Waals surface area contributed by atoms with Crippen LogP contribution in [-0.4, -0.2) is 106 Å². The highest BCUT2D eigenvalue weighted by Gasteiger charge is 2.48. The second kappa shape index (κ2) is 16.8. The van der Waals surface area contributed by atoms with Gasteiger partial charge in [0.15, 0.2) is 0 Å². The molecule has 18 heteroatoms. The van der Waals surface area contributed by atoms with Crippen LogP contribution in [0.5, 0.6) is 5.75 Å². The van der Waals surface area contributed by atoms with E-state index >= 15 is 0 Å². The first-order valence-corrected chi connectivity index (χ1v) is 21.3. The van der Waals surface area contributed by atoms with Crippen molar-refractivity contribution in [2.75, 3.05) is 27.4 Å². The van der Waals surface area contributed by atoms with E-state index in [0.29, 0.717) is 35.9 Å². The Kier molecular flexibility index (Phi) is 11.2. The Labute approximate surface area is 361 Å². The molecule has 63 heavy (non-hydrogen) atoms. The molecule has 0 bridgehead atoms. The van der Waals surface area contributed by atoms with Crippen molar-refractivity contribution in [3.05, 3.63) is 65.9 Å². The van der Waals surface area contributed by atoms with E-state index in [1.165, 1.54) is 14.2 Å². The van der Waals surface area contributed by atoms with E-state index in [9.17, 15) is 28.0 Å². The number of alkyl carbamates (subject to hydrolysis) is 2. The molecule has 7 atom stereocenters. The molecule has 0 aliphatic carbocycles. The molecule has 0 radical (unpaired) electrons. The van der Waals surface area contributed by atoms with Crippen LogP contribution < -0.4 is 15.4 Å². The number of methoxy groups -OCH3 is 2. The molecular formula is C45H50F2N8O8. The van der Waals surface area contributed by atoms with Gasteiger partial charge in [0.2, 0.25) is 11.8 Å². The van der Waals surface area contributed by atoms with E-state index in [4.69, 9.17) is 24.2 Å². The fraction of sp³-hybridized carbons (Fsp3) is 0.467. The summed E-state index contributed by atoms with van der Waals surface area (Å²) in [6.45, 7) is 2.86. The SMILES string of the molecule is COC(=O)NC(C(=O)N1CC(COC(F)F)CC1c1nc2c(ccc3cc4c(cc32)OCc2cc(-c3cnc(C5CCC6CC(C)C(NC(=O)OC)C(=O)N65)[nH]3)ccc2-4)[nH]1)C(C)C. The van der Waals surface area contributed by atoms with Crippen LogP contribution in [0, 0.1) is 17.8 Å². The molecule has 4 amide bonds. The lowest BCUT2D eigenvalue weighted by Gasteiger charge is -2.41. The average molecular weight is 869 g/mol. The number of carbonyl (C=O) groups excluding carboxylic acids is 4. The second-order valence-corrected chi connectivity index (χ2v) is 17.4. The molecule has 4 aliphatic heterocycles. The highest BCUT2D eigenvalue weighted by molar-refractivity contribution is 6.07. The van der Waals surface area contributed by atoms with Gasteiger partial charge in [-0.15, -0.1) is 0 Å². The molecular weight excluding hydrogens is 819 g/mol. The summed E-state index contributed by atoms with van der Waals surface area (Å²) >= 11 is 0. The second-order valence-electron chi connectivity index (χ2n) is 17.4. The topological polar surface area (TPSA) is 193 Å². The molecule has 0 spiro atoms. The summed E-state index contributed by atoms with van der Waals surface area (Å²) in [5.74, 6) is 0.697. The van der Waals surface area contributed by atoms with Crippen molar-refractivity contribution >= 4 is 45.8 Å². The van der Waals surface area contributed by atoms with Crippen LogP contribution in [0.1, 0.15) is 75.8 Å². The number of H-pyrrole nitrogens is 2. The average Bonchev–Trinajstić information content (AvgIpc) is 4.10. The third-order valence-corrected chi connectivity index (χ3v) is 13.1. The minimum atomic E-state index is -2.94. The zero-order chi connectivity index (χ0) is 44.3. The summed E-state index contributed by atoms with van der Waals surface area (Å²) in [7, 11) is 2.51. The molecule has 4 N–H and O–H groups in total. The summed E-state index contributed by atoms with van der Waals surface area (Å²) in [5.41, 5.74) is 6.08.